The molecular formula is C20H17ClO. The van der Waals surface area contributed by atoms with Crippen LogP contribution in [0.3, 0.4) is 0 Å². The van der Waals surface area contributed by atoms with Crippen molar-refractivity contribution in [3.8, 4) is 0 Å². The Hall–Kier alpha value is -2.12. The maximum absolute atomic E-state index is 12.6. The van der Waals surface area contributed by atoms with E-state index in [-0.39, 0.29) is 5.78 Å². The van der Waals surface area contributed by atoms with Crippen LogP contribution in [0.2, 0.25) is 0 Å². The van der Waals surface area contributed by atoms with E-state index in [0.29, 0.717) is 11.5 Å². The molecule has 22 heavy (non-hydrogen) atoms. The number of Topliss-reactive ketones (excluding diaryl/α,β-unsaturated/α-hetero) is 1. The fourth-order valence-electron chi connectivity index (χ4n) is 2.91. The summed E-state index contributed by atoms with van der Waals surface area (Å²) in [5.74, 6) is -0.00872. The molecule has 0 saturated heterocycles. The maximum Gasteiger partial charge on any atom is 0.184 e. The number of hydrogen-bond acceptors (Lipinski definition) is 1. The molecule has 0 amide bonds. The lowest BCUT2D eigenvalue weighted by Crippen LogP contribution is -2.35. The fourth-order valence-corrected chi connectivity index (χ4v) is 3.24. The van der Waals surface area contributed by atoms with Crippen LogP contribution in [0.4, 0.5) is 0 Å². The van der Waals surface area contributed by atoms with Gasteiger partial charge in [0.2, 0.25) is 0 Å². The molecule has 0 fully saturated rings. The van der Waals surface area contributed by atoms with Crippen LogP contribution in [0, 0.1) is 0 Å². The van der Waals surface area contributed by atoms with Crippen LogP contribution >= 0.6 is 11.6 Å². The Bertz CT molecular complexity index is 758. The molecule has 3 rings (SSSR count). The number of carbonyl (C=O) groups excluding carboxylic acids is 1. The van der Waals surface area contributed by atoms with Gasteiger partial charge in [-0.25, -0.2) is 0 Å². The quantitative estimate of drug-likeness (QED) is 0.760. The minimum atomic E-state index is -0.603. The molecular weight excluding hydrogens is 292 g/mol. The first-order valence-corrected chi connectivity index (χ1v) is 7.72. The van der Waals surface area contributed by atoms with E-state index in [1.807, 2.05) is 67.6 Å². The number of halogens is 1. The Morgan fingerprint density at radius 3 is 2.50 bits per heavy atom. The predicted octanol–water partition coefficient (Wildman–Crippen LogP) is 5.21. The van der Waals surface area contributed by atoms with Crippen LogP contribution in [-0.2, 0) is 10.2 Å². The first kappa shape index (κ1) is 14.8. The summed E-state index contributed by atoms with van der Waals surface area (Å²) >= 11 is 6.16. The van der Waals surface area contributed by atoms with Crippen LogP contribution in [0.15, 0.2) is 65.7 Å². The SMILES string of the molecule is C[C@@]1(C/C=C/c2ccccc2)C(=O)C(Cl)=Cc2ccccc21. The number of allylic oxidation sites excluding steroid dienone is 2. The van der Waals surface area contributed by atoms with Gasteiger partial charge in [-0.05, 0) is 36.1 Å². The zero-order chi connectivity index (χ0) is 15.6. The van der Waals surface area contributed by atoms with E-state index in [9.17, 15) is 4.79 Å². The predicted molar refractivity (Wildman–Crippen MR) is 92.7 cm³/mol. The van der Waals surface area contributed by atoms with Crippen molar-refractivity contribution < 1.29 is 4.79 Å². The lowest BCUT2D eigenvalue weighted by Gasteiger charge is -2.32. The molecule has 110 valence electrons. The van der Waals surface area contributed by atoms with E-state index in [1.165, 1.54) is 0 Å². The van der Waals surface area contributed by atoms with Gasteiger partial charge in [0.05, 0.1) is 10.4 Å². The molecule has 0 saturated carbocycles. The molecule has 1 atom stereocenters. The van der Waals surface area contributed by atoms with Gasteiger partial charge < -0.3 is 0 Å². The van der Waals surface area contributed by atoms with Crippen molar-refractivity contribution in [3.05, 3.63) is 82.4 Å². The minimum Gasteiger partial charge on any atom is -0.292 e. The van der Waals surface area contributed by atoms with Gasteiger partial charge in [0.1, 0.15) is 0 Å². The Balaban J connectivity index is 1.93. The lowest BCUT2D eigenvalue weighted by molar-refractivity contribution is -0.119. The summed E-state index contributed by atoms with van der Waals surface area (Å²) in [5, 5.41) is 0.314. The van der Waals surface area contributed by atoms with Gasteiger partial charge in [0.15, 0.2) is 5.78 Å². The Kier molecular flexibility index (Phi) is 4.00. The highest BCUT2D eigenvalue weighted by Crippen LogP contribution is 2.40. The van der Waals surface area contributed by atoms with Crippen LogP contribution in [-0.4, -0.2) is 5.78 Å². The summed E-state index contributed by atoms with van der Waals surface area (Å²) in [7, 11) is 0. The van der Waals surface area contributed by atoms with Gasteiger partial charge in [0.25, 0.3) is 0 Å². The second-order valence-corrected chi connectivity index (χ2v) is 6.17. The zero-order valence-electron chi connectivity index (χ0n) is 12.4. The second kappa shape index (κ2) is 5.94. The number of ketones is 1. The average Bonchev–Trinajstić information content (AvgIpc) is 2.54. The van der Waals surface area contributed by atoms with Gasteiger partial charge >= 0.3 is 0 Å². The monoisotopic (exact) mass is 308 g/mol. The molecule has 0 heterocycles. The van der Waals surface area contributed by atoms with Gasteiger partial charge in [-0.2, -0.15) is 0 Å². The number of benzene rings is 2. The molecule has 2 aromatic carbocycles. The normalized spacial score (nSPS) is 20.8. The molecule has 0 spiro atoms. The third-order valence-corrected chi connectivity index (χ3v) is 4.47. The second-order valence-electron chi connectivity index (χ2n) is 5.76. The first-order chi connectivity index (χ1) is 10.6. The van der Waals surface area contributed by atoms with E-state index in [4.69, 9.17) is 11.6 Å². The van der Waals surface area contributed by atoms with Crippen molar-refractivity contribution in [2.75, 3.05) is 0 Å². The number of fused-ring (bicyclic) bond motifs is 1. The highest BCUT2D eigenvalue weighted by Gasteiger charge is 2.39. The average molecular weight is 309 g/mol. The molecule has 0 bridgehead atoms. The van der Waals surface area contributed by atoms with Crippen molar-refractivity contribution in [3.63, 3.8) is 0 Å². The first-order valence-electron chi connectivity index (χ1n) is 7.34. The van der Waals surface area contributed by atoms with Gasteiger partial charge in [0, 0.05) is 0 Å². The van der Waals surface area contributed by atoms with Gasteiger partial charge in [-0.1, -0.05) is 78.4 Å². The smallest absolute Gasteiger partial charge is 0.184 e. The zero-order valence-corrected chi connectivity index (χ0v) is 13.2. The molecule has 2 heteroatoms. The van der Waals surface area contributed by atoms with Gasteiger partial charge in [-0.3, -0.25) is 4.79 Å². The van der Waals surface area contributed by atoms with Crippen LogP contribution in [0.5, 0.6) is 0 Å². The largest absolute Gasteiger partial charge is 0.292 e. The molecule has 1 nitrogen and oxygen atoms in total. The Labute approximate surface area is 135 Å². The molecule has 1 aliphatic rings. The standard InChI is InChI=1S/C20H17ClO/c1-20(13-7-10-15-8-3-2-4-9-15)17-12-6-5-11-16(17)14-18(21)19(20)22/h2-12,14H,13H2,1H3/b10-7+/t20-/m0/s1. The van der Waals surface area contributed by atoms with Crippen molar-refractivity contribution in [1.29, 1.82) is 0 Å². The summed E-state index contributed by atoms with van der Waals surface area (Å²) in [5.41, 5.74) is 2.60. The lowest BCUT2D eigenvalue weighted by atomic mass is 9.71. The van der Waals surface area contributed by atoms with Crippen LogP contribution in [0.1, 0.15) is 30.0 Å². The summed E-state index contributed by atoms with van der Waals surface area (Å²) in [4.78, 5) is 12.6. The third kappa shape index (κ3) is 2.65. The molecule has 1 aliphatic carbocycles. The van der Waals surface area contributed by atoms with Gasteiger partial charge in [-0.15, -0.1) is 0 Å². The summed E-state index contributed by atoms with van der Waals surface area (Å²) in [6.45, 7) is 1.97. The van der Waals surface area contributed by atoms with Crippen molar-refractivity contribution in [2.45, 2.75) is 18.8 Å². The molecule has 0 N–H and O–H groups in total. The van der Waals surface area contributed by atoms with Crippen LogP contribution < -0.4 is 0 Å². The van der Waals surface area contributed by atoms with E-state index < -0.39 is 5.41 Å². The summed E-state index contributed by atoms with van der Waals surface area (Å²) < 4.78 is 0. The third-order valence-electron chi connectivity index (χ3n) is 4.19. The molecule has 0 radical (unpaired) electrons. The van der Waals surface area contributed by atoms with E-state index >= 15 is 0 Å². The van der Waals surface area contributed by atoms with E-state index in [1.54, 1.807) is 6.08 Å². The minimum absolute atomic E-state index is 0.00872. The van der Waals surface area contributed by atoms with Crippen LogP contribution in [0.25, 0.3) is 12.2 Å². The summed E-state index contributed by atoms with van der Waals surface area (Å²) in [6.07, 6.45) is 6.50. The van der Waals surface area contributed by atoms with Crippen molar-refractivity contribution in [2.24, 2.45) is 0 Å². The number of carbonyl (C=O) groups is 1. The Morgan fingerprint density at radius 2 is 1.73 bits per heavy atom. The Morgan fingerprint density at radius 1 is 1.05 bits per heavy atom. The fraction of sp³-hybridized carbons (Fsp3) is 0.150. The highest BCUT2D eigenvalue weighted by atomic mass is 35.5. The van der Waals surface area contributed by atoms with E-state index in [0.717, 1.165) is 16.7 Å². The topological polar surface area (TPSA) is 17.1 Å². The molecule has 0 aliphatic heterocycles. The number of hydrogen-bond donors (Lipinski definition) is 0. The maximum atomic E-state index is 12.6. The molecule has 2 aromatic rings. The van der Waals surface area contributed by atoms with E-state index in [2.05, 4.69) is 6.08 Å². The summed E-state index contributed by atoms with van der Waals surface area (Å²) in [6, 6.07) is 18.0. The van der Waals surface area contributed by atoms with Crippen molar-refractivity contribution >= 4 is 29.5 Å². The molecule has 0 unspecified atom stereocenters. The number of rotatable bonds is 3. The highest BCUT2D eigenvalue weighted by molar-refractivity contribution is 6.46. The van der Waals surface area contributed by atoms with Crippen molar-refractivity contribution in [1.82, 2.24) is 0 Å². The molecule has 0 aromatic heterocycles.